The first-order valence-electron chi connectivity index (χ1n) is 8.97. The third-order valence-corrected chi connectivity index (χ3v) is 5.16. The van der Waals surface area contributed by atoms with Gasteiger partial charge in [0.2, 0.25) is 0 Å². The van der Waals surface area contributed by atoms with Crippen molar-refractivity contribution in [2.45, 2.75) is 12.1 Å². The molecule has 1 aliphatic heterocycles. The molecule has 0 spiro atoms. The van der Waals surface area contributed by atoms with Crippen molar-refractivity contribution in [1.29, 1.82) is 0 Å². The zero-order chi connectivity index (χ0) is 18.5. The van der Waals surface area contributed by atoms with Gasteiger partial charge in [0.25, 0.3) is 0 Å². The van der Waals surface area contributed by atoms with Crippen LogP contribution < -0.4 is 9.96 Å². The monoisotopic (exact) mass is 358 g/mol. The molecule has 6 nitrogen and oxygen atoms in total. The lowest BCUT2D eigenvalue weighted by molar-refractivity contribution is -0.994. The van der Waals surface area contributed by atoms with Crippen molar-refractivity contribution in [3.63, 3.8) is 0 Å². The molecule has 27 heavy (non-hydrogen) atoms. The van der Waals surface area contributed by atoms with E-state index in [1.54, 1.807) is 12.4 Å². The summed E-state index contributed by atoms with van der Waals surface area (Å²) in [6.45, 7) is 0. The molecule has 3 atom stereocenters. The summed E-state index contributed by atoms with van der Waals surface area (Å²) in [5.74, 6) is 1.55. The van der Waals surface area contributed by atoms with Crippen molar-refractivity contribution in [3.05, 3.63) is 66.5 Å². The van der Waals surface area contributed by atoms with Crippen LogP contribution in [0.1, 0.15) is 5.56 Å². The van der Waals surface area contributed by atoms with Crippen molar-refractivity contribution in [3.8, 4) is 11.4 Å². The molecule has 0 radical (unpaired) electrons. The Hall–Kier alpha value is -3.09. The molecule has 134 valence electrons. The van der Waals surface area contributed by atoms with E-state index in [1.165, 1.54) is 0 Å². The van der Waals surface area contributed by atoms with Crippen LogP contribution in [-0.2, 0) is 0 Å². The van der Waals surface area contributed by atoms with Crippen LogP contribution in [0.4, 0.5) is 5.82 Å². The average molecular weight is 358 g/mol. The number of rotatable bonds is 3. The maximum atomic E-state index is 9.81. The molecule has 2 aromatic heterocycles. The Kier molecular flexibility index (Phi) is 3.56. The summed E-state index contributed by atoms with van der Waals surface area (Å²) in [5.41, 5.74) is 4.03. The molecule has 6 heteroatoms. The highest BCUT2D eigenvalue weighted by Crippen LogP contribution is 2.31. The predicted molar refractivity (Wildman–Crippen MR) is 105 cm³/mol. The van der Waals surface area contributed by atoms with Crippen molar-refractivity contribution >= 4 is 22.3 Å². The van der Waals surface area contributed by atoms with E-state index < -0.39 is 0 Å². The summed E-state index contributed by atoms with van der Waals surface area (Å²) >= 11 is 0. The molecule has 1 saturated heterocycles. The van der Waals surface area contributed by atoms with Crippen LogP contribution in [0.25, 0.3) is 27.9 Å². The maximum Gasteiger partial charge on any atom is 0.196 e. The fraction of sp³-hybridized carbons (Fsp3) is 0.190. The molecule has 3 heterocycles. The van der Waals surface area contributed by atoms with Gasteiger partial charge in [0.15, 0.2) is 17.9 Å². The number of hydrogen-bond acceptors (Lipinski definition) is 5. The number of allylic oxidation sites excluding steroid dienone is 2. The topological polar surface area (TPSA) is 66.6 Å². The van der Waals surface area contributed by atoms with E-state index in [0.29, 0.717) is 10.9 Å². The van der Waals surface area contributed by atoms with Gasteiger partial charge >= 0.3 is 0 Å². The van der Waals surface area contributed by atoms with Gasteiger partial charge in [-0.25, -0.2) is 15.2 Å². The van der Waals surface area contributed by atoms with Gasteiger partial charge in [0.1, 0.15) is 5.82 Å². The molecule has 1 fully saturated rings. The van der Waals surface area contributed by atoms with E-state index in [1.807, 2.05) is 37.2 Å². The Bertz CT molecular complexity index is 1090. The molecular formula is C21H20N5O+. The van der Waals surface area contributed by atoms with Gasteiger partial charge in [-0.3, -0.25) is 4.98 Å². The number of hydroxylamine groups is 2. The van der Waals surface area contributed by atoms with Crippen LogP contribution in [0, 0.1) is 0 Å². The molecule has 2 aliphatic rings. The summed E-state index contributed by atoms with van der Waals surface area (Å²) in [6.07, 6.45) is 9.83. The van der Waals surface area contributed by atoms with E-state index in [9.17, 15) is 5.21 Å². The molecular weight excluding hydrogens is 338 g/mol. The fourth-order valence-electron chi connectivity index (χ4n) is 3.60. The lowest BCUT2D eigenvalue weighted by atomic mass is 9.98. The second-order valence-corrected chi connectivity index (χ2v) is 7.20. The lowest BCUT2D eigenvalue weighted by Gasteiger charge is -2.16. The normalized spacial score (nSPS) is 23.1. The van der Waals surface area contributed by atoms with Crippen LogP contribution in [0.5, 0.6) is 0 Å². The largest absolute Gasteiger partial charge is 0.362 e. The van der Waals surface area contributed by atoms with Crippen LogP contribution in [0.3, 0.4) is 0 Å². The minimum Gasteiger partial charge on any atom is -0.362 e. The van der Waals surface area contributed by atoms with E-state index in [4.69, 9.17) is 9.97 Å². The summed E-state index contributed by atoms with van der Waals surface area (Å²) in [6, 6.07) is 10.5. The predicted octanol–water partition coefficient (Wildman–Crippen LogP) is 1.74. The summed E-state index contributed by atoms with van der Waals surface area (Å²) < 4.78 is 0. The first-order valence-corrected chi connectivity index (χ1v) is 8.97. The SMILES string of the molecule is CN(C)c1nc(-c2cccnc2)nc2ccc(C3=CC4C(C=C3)[NH+]4O)cc12. The van der Waals surface area contributed by atoms with Gasteiger partial charge in [-0.15, -0.1) is 0 Å². The van der Waals surface area contributed by atoms with Gasteiger partial charge < -0.3 is 4.90 Å². The van der Waals surface area contributed by atoms with Gasteiger partial charge in [-0.2, -0.15) is 5.06 Å². The number of hydrogen-bond donors (Lipinski definition) is 2. The molecule has 3 aromatic rings. The van der Waals surface area contributed by atoms with Crippen molar-refractivity contribution in [2.75, 3.05) is 19.0 Å². The molecule has 0 saturated carbocycles. The molecule has 3 unspecified atom stereocenters. The number of quaternary nitrogens is 1. The molecule has 1 aromatic carbocycles. The Morgan fingerprint density at radius 3 is 2.70 bits per heavy atom. The van der Waals surface area contributed by atoms with Gasteiger partial charge in [0.05, 0.1) is 5.52 Å². The minimum absolute atomic E-state index is 0.179. The number of nitrogens with one attached hydrogen (secondary N) is 1. The molecule has 0 amide bonds. The number of anilines is 1. The first-order chi connectivity index (χ1) is 13.1. The van der Waals surface area contributed by atoms with Crippen LogP contribution in [-0.4, -0.2) is 46.3 Å². The quantitative estimate of drug-likeness (QED) is 0.698. The Morgan fingerprint density at radius 1 is 1.07 bits per heavy atom. The number of nitrogens with zero attached hydrogens (tertiary/aromatic N) is 4. The minimum atomic E-state index is 0.179. The number of pyridine rings is 1. The van der Waals surface area contributed by atoms with Crippen molar-refractivity contribution in [2.24, 2.45) is 0 Å². The highest BCUT2D eigenvalue weighted by atomic mass is 16.5. The van der Waals surface area contributed by atoms with E-state index in [-0.39, 0.29) is 12.1 Å². The second-order valence-electron chi connectivity index (χ2n) is 7.20. The van der Waals surface area contributed by atoms with Crippen LogP contribution >= 0.6 is 0 Å². The molecule has 2 N–H and O–H groups in total. The maximum absolute atomic E-state index is 9.81. The smallest absolute Gasteiger partial charge is 0.196 e. The summed E-state index contributed by atoms with van der Waals surface area (Å²) in [4.78, 5) is 15.7. The highest BCUT2D eigenvalue weighted by molar-refractivity contribution is 5.94. The van der Waals surface area contributed by atoms with Gasteiger partial charge in [0, 0.05) is 37.4 Å². The Balaban J connectivity index is 1.64. The van der Waals surface area contributed by atoms with Crippen molar-refractivity contribution < 1.29 is 10.3 Å². The number of aromatic nitrogens is 3. The molecule has 5 rings (SSSR count). The van der Waals surface area contributed by atoms with E-state index in [0.717, 1.165) is 33.4 Å². The summed E-state index contributed by atoms with van der Waals surface area (Å²) in [7, 11) is 3.98. The van der Waals surface area contributed by atoms with E-state index >= 15 is 0 Å². The molecule has 1 aliphatic carbocycles. The van der Waals surface area contributed by atoms with E-state index in [2.05, 4.69) is 35.3 Å². The standard InChI is InChI=1S/C21H19N5O/c1-25(2)21-16-10-13(14-6-8-18-19(11-14)26(18)27)5-7-17(16)23-20(24-21)15-4-3-9-22-12-15/h3-12,18-19,27H,1-2H3/p+1. The Labute approximate surface area is 157 Å². The molecule has 0 bridgehead atoms. The third kappa shape index (κ3) is 2.70. The van der Waals surface area contributed by atoms with Crippen LogP contribution in [0.2, 0.25) is 0 Å². The lowest BCUT2D eigenvalue weighted by Crippen LogP contribution is -2.92. The van der Waals surface area contributed by atoms with Gasteiger partial charge in [-0.1, -0.05) is 12.1 Å². The zero-order valence-corrected chi connectivity index (χ0v) is 15.2. The second kappa shape index (κ2) is 5.97. The highest BCUT2D eigenvalue weighted by Gasteiger charge is 2.53. The fourth-order valence-corrected chi connectivity index (χ4v) is 3.60. The first kappa shape index (κ1) is 16.1. The zero-order valence-electron chi connectivity index (χ0n) is 15.2. The van der Waals surface area contributed by atoms with Gasteiger partial charge in [-0.05, 0) is 47.6 Å². The third-order valence-electron chi connectivity index (χ3n) is 5.16. The Morgan fingerprint density at radius 2 is 1.96 bits per heavy atom. The average Bonchev–Trinajstić information content (AvgIpc) is 3.36. The number of fused-ring (bicyclic) bond motifs is 2. The summed E-state index contributed by atoms with van der Waals surface area (Å²) in [5, 5.41) is 11.4. The van der Waals surface area contributed by atoms with Crippen LogP contribution in [0.15, 0.2) is 61.0 Å². The number of benzene rings is 1. The van der Waals surface area contributed by atoms with Crippen molar-refractivity contribution in [1.82, 2.24) is 15.0 Å².